The van der Waals surface area contributed by atoms with Gasteiger partial charge in [-0.3, -0.25) is 0 Å². The SMILES string of the molecule is CCC=C(C)C(=O)OCCCCCC(C)C. The van der Waals surface area contributed by atoms with E-state index in [1.165, 1.54) is 12.8 Å². The van der Waals surface area contributed by atoms with Crippen LogP contribution in [-0.2, 0) is 9.53 Å². The van der Waals surface area contributed by atoms with Gasteiger partial charge in [-0.1, -0.05) is 46.1 Å². The highest BCUT2D eigenvalue weighted by Crippen LogP contribution is 2.08. The summed E-state index contributed by atoms with van der Waals surface area (Å²) in [5.74, 6) is 0.614. The Morgan fingerprint density at radius 2 is 1.94 bits per heavy atom. The lowest BCUT2D eigenvalue weighted by Crippen LogP contribution is -2.07. The monoisotopic (exact) mass is 226 g/mol. The highest BCUT2D eigenvalue weighted by molar-refractivity contribution is 5.87. The number of rotatable bonds is 8. The summed E-state index contributed by atoms with van der Waals surface area (Å²) in [6.07, 6.45) is 7.43. The largest absolute Gasteiger partial charge is 0.462 e. The predicted octanol–water partition coefficient (Wildman–Crippen LogP) is 4.10. The van der Waals surface area contributed by atoms with Gasteiger partial charge in [-0.2, -0.15) is 0 Å². The standard InChI is InChI=1S/C14H26O2/c1-5-9-13(4)14(15)16-11-8-6-7-10-12(2)3/h9,12H,5-8,10-11H2,1-4H3. The molecule has 16 heavy (non-hydrogen) atoms. The first-order valence-corrected chi connectivity index (χ1v) is 6.41. The smallest absolute Gasteiger partial charge is 0.333 e. The molecule has 0 N–H and O–H groups in total. The molecular formula is C14H26O2. The average Bonchev–Trinajstić information content (AvgIpc) is 2.22. The summed E-state index contributed by atoms with van der Waals surface area (Å²) in [5, 5.41) is 0. The van der Waals surface area contributed by atoms with Crippen molar-refractivity contribution in [3.8, 4) is 0 Å². The van der Waals surface area contributed by atoms with Crippen molar-refractivity contribution in [3.05, 3.63) is 11.6 Å². The van der Waals surface area contributed by atoms with E-state index < -0.39 is 0 Å². The Morgan fingerprint density at radius 1 is 1.25 bits per heavy atom. The van der Waals surface area contributed by atoms with Crippen molar-refractivity contribution in [3.63, 3.8) is 0 Å². The van der Waals surface area contributed by atoms with Crippen molar-refractivity contribution in [2.75, 3.05) is 6.61 Å². The molecule has 0 aromatic carbocycles. The molecule has 0 atom stereocenters. The van der Waals surface area contributed by atoms with Crippen molar-refractivity contribution < 1.29 is 9.53 Å². The van der Waals surface area contributed by atoms with Gasteiger partial charge in [0.2, 0.25) is 0 Å². The molecule has 0 rings (SSSR count). The van der Waals surface area contributed by atoms with E-state index >= 15 is 0 Å². The third-order valence-electron chi connectivity index (χ3n) is 2.49. The molecule has 0 radical (unpaired) electrons. The third-order valence-corrected chi connectivity index (χ3v) is 2.49. The van der Waals surface area contributed by atoms with E-state index in [1.807, 2.05) is 19.9 Å². The van der Waals surface area contributed by atoms with E-state index in [1.54, 1.807) is 0 Å². The minimum absolute atomic E-state index is 0.161. The number of ether oxygens (including phenoxy) is 1. The molecule has 0 spiro atoms. The molecule has 0 amide bonds. The van der Waals surface area contributed by atoms with Crippen molar-refractivity contribution in [2.24, 2.45) is 5.92 Å². The number of carbonyl (C=O) groups is 1. The highest BCUT2D eigenvalue weighted by atomic mass is 16.5. The maximum atomic E-state index is 11.4. The summed E-state index contributed by atoms with van der Waals surface area (Å²) in [7, 11) is 0. The molecule has 0 aliphatic heterocycles. The van der Waals surface area contributed by atoms with E-state index in [9.17, 15) is 4.79 Å². The van der Waals surface area contributed by atoms with Crippen LogP contribution in [0.15, 0.2) is 11.6 Å². The Labute approximate surface area is 100 Å². The van der Waals surface area contributed by atoms with Crippen molar-refractivity contribution in [2.45, 2.75) is 59.8 Å². The molecule has 0 heterocycles. The number of esters is 1. The van der Waals surface area contributed by atoms with Crippen molar-refractivity contribution in [1.29, 1.82) is 0 Å². The first-order chi connectivity index (χ1) is 7.57. The second-order valence-corrected chi connectivity index (χ2v) is 4.67. The predicted molar refractivity (Wildman–Crippen MR) is 68.3 cm³/mol. The van der Waals surface area contributed by atoms with Crippen LogP contribution in [0.3, 0.4) is 0 Å². The van der Waals surface area contributed by atoms with Gasteiger partial charge in [0.1, 0.15) is 0 Å². The van der Waals surface area contributed by atoms with Gasteiger partial charge in [0.15, 0.2) is 0 Å². The Hall–Kier alpha value is -0.790. The normalized spacial score (nSPS) is 11.9. The molecule has 0 saturated heterocycles. The van der Waals surface area contributed by atoms with Crippen LogP contribution in [0, 0.1) is 5.92 Å². The summed E-state index contributed by atoms with van der Waals surface area (Å²) in [4.78, 5) is 11.4. The average molecular weight is 226 g/mol. The number of carbonyl (C=O) groups excluding carboxylic acids is 1. The summed E-state index contributed by atoms with van der Waals surface area (Å²) in [6, 6.07) is 0. The van der Waals surface area contributed by atoms with Crippen LogP contribution in [0.1, 0.15) is 59.8 Å². The second kappa shape index (κ2) is 9.44. The van der Waals surface area contributed by atoms with Crippen LogP contribution >= 0.6 is 0 Å². The van der Waals surface area contributed by atoms with Gasteiger partial charge in [-0.15, -0.1) is 0 Å². The fourth-order valence-electron chi connectivity index (χ4n) is 1.50. The maximum absolute atomic E-state index is 11.4. The summed E-state index contributed by atoms with van der Waals surface area (Å²) in [5.41, 5.74) is 0.727. The Balaban J connectivity index is 3.45. The first kappa shape index (κ1) is 15.2. The molecule has 2 heteroatoms. The van der Waals surface area contributed by atoms with E-state index in [4.69, 9.17) is 4.74 Å². The molecule has 94 valence electrons. The lowest BCUT2D eigenvalue weighted by atomic mass is 10.1. The van der Waals surface area contributed by atoms with E-state index in [0.717, 1.165) is 30.8 Å². The molecule has 0 fully saturated rings. The van der Waals surface area contributed by atoms with Gasteiger partial charge in [0.25, 0.3) is 0 Å². The molecule has 0 aromatic heterocycles. The van der Waals surface area contributed by atoms with Gasteiger partial charge < -0.3 is 4.74 Å². The number of hydrogen-bond acceptors (Lipinski definition) is 2. The number of allylic oxidation sites excluding steroid dienone is 1. The quantitative estimate of drug-likeness (QED) is 0.354. The van der Waals surface area contributed by atoms with Crippen molar-refractivity contribution >= 4 is 5.97 Å². The van der Waals surface area contributed by atoms with Crippen LogP contribution < -0.4 is 0 Å². The lowest BCUT2D eigenvalue weighted by Gasteiger charge is -2.06. The molecule has 0 unspecified atom stereocenters. The van der Waals surface area contributed by atoms with Gasteiger partial charge in [0.05, 0.1) is 6.61 Å². The summed E-state index contributed by atoms with van der Waals surface area (Å²) in [6.45, 7) is 8.86. The minimum Gasteiger partial charge on any atom is -0.462 e. The number of hydrogen-bond donors (Lipinski definition) is 0. The molecular weight excluding hydrogens is 200 g/mol. The van der Waals surface area contributed by atoms with Crippen LogP contribution in [0.25, 0.3) is 0 Å². The van der Waals surface area contributed by atoms with Gasteiger partial charge in [0, 0.05) is 5.57 Å². The lowest BCUT2D eigenvalue weighted by molar-refractivity contribution is -0.139. The highest BCUT2D eigenvalue weighted by Gasteiger charge is 2.04. The Bertz CT molecular complexity index is 217. The Morgan fingerprint density at radius 3 is 2.50 bits per heavy atom. The van der Waals surface area contributed by atoms with Crippen molar-refractivity contribution in [1.82, 2.24) is 0 Å². The zero-order valence-electron chi connectivity index (χ0n) is 11.2. The van der Waals surface area contributed by atoms with Crippen LogP contribution in [0.4, 0.5) is 0 Å². The van der Waals surface area contributed by atoms with E-state index in [-0.39, 0.29) is 5.97 Å². The second-order valence-electron chi connectivity index (χ2n) is 4.67. The fourth-order valence-corrected chi connectivity index (χ4v) is 1.50. The topological polar surface area (TPSA) is 26.3 Å². The summed E-state index contributed by atoms with van der Waals surface area (Å²) >= 11 is 0. The number of unbranched alkanes of at least 4 members (excludes halogenated alkanes) is 2. The van der Waals surface area contributed by atoms with Gasteiger partial charge >= 0.3 is 5.97 Å². The maximum Gasteiger partial charge on any atom is 0.333 e. The third kappa shape index (κ3) is 8.51. The first-order valence-electron chi connectivity index (χ1n) is 6.41. The van der Waals surface area contributed by atoms with Crippen LogP contribution in [-0.4, -0.2) is 12.6 Å². The molecule has 2 nitrogen and oxygen atoms in total. The fraction of sp³-hybridized carbons (Fsp3) is 0.786. The van der Waals surface area contributed by atoms with Crippen LogP contribution in [0.2, 0.25) is 0 Å². The molecule has 0 bridgehead atoms. The van der Waals surface area contributed by atoms with Gasteiger partial charge in [-0.05, 0) is 25.7 Å². The summed E-state index contributed by atoms with van der Waals surface area (Å²) < 4.78 is 5.16. The minimum atomic E-state index is -0.161. The molecule has 0 aliphatic rings. The van der Waals surface area contributed by atoms with E-state index in [2.05, 4.69) is 13.8 Å². The zero-order valence-corrected chi connectivity index (χ0v) is 11.2. The zero-order chi connectivity index (χ0) is 12.4. The molecule has 0 saturated carbocycles. The molecule has 0 aromatic rings. The van der Waals surface area contributed by atoms with Gasteiger partial charge in [-0.25, -0.2) is 4.79 Å². The van der Waals surface area contributed by atoms with Crippen LogP contribution in [0.5, 0.6) is 0 Å². The molecule has 0 aliphatic carbocycles. The van der Waals surface area contributed by atoms with E-state index in [0.29, 0.717) is 6.61 Å². The Kier molecular flexibility index (Phi) is 8.97.